The third-order valence-corrected chi connectivity index (χ3v) is 10.0. The number of aromatic nitrogens is 2. The summed E-state index contributed by atoms with van der Waals surface area (Å²) >= 11 is 0. The minimum absolute atomic E-state index is 0.00948. The van der Waals surface area contributed by atoms with Gasteiger partial charge in [0.05, 0.1) is 16.6 Å². The smallest absolute Gasteiger partial charge is 0.123 e. The first-order valence-corrected chi connectivity index (χ1v) is 16.9. The number of benzene rings is 5. The van der Waals surface area contributed by atoms with Crippen LogP contribution in [0.1, 0.15) is 70.3 Å². The van der Waals surface area contributed by atoms with Gasteiger partial charge in [0.2, 0.25) is 0 Å². The minimum Gasteiger partial charge on any atom is -0.313 e. The average molecular weight is 635 g/mol. The van der Waals surface area contributed by atoms with Crippen LogP contribution in [-0.2, 0) is 17.3 Å². The molecule has 0 bridgehead atoms. The van der Waals surface area contributed by atoms with Gasteiger partial charge in [0.25, 0.3) is 0 Å². The molecule has 0 saturated heterocycles. The first-order chi connectivity index (χ1) is 22.9. The van der Waals surface area contributed by atoms with Gasteiger partial charge in [-0.1, -0.05) is 77.9 Å². The van der Waals surface area contributed by atoms with Gasteiger partial charge in [0, 0.05) is 45.2 Å². The molecule has 1 aliphatic rings. The highest BCUT2D eigenvalue weighted by molar-refractivity contribution is 6.09. The van der Waals surface area contributed by atoms with E-state index in [1.807, 2.05) is 6.07 Å². The van der Waals surface area contributed by atoms with E-state index < -0.39 is 0 Å². The van der Waals surface area contributed by atoms with Crippen LogP contribution in [0.15, 0.2) is 109 Å². The fourth-order valence-corrected chi connectivity index (χ4v) is 7.39. The summed E-state index contributed by atoms with van der Waals surface area (Å²) in [6.45, 7) is 13.3. The van der Waals surface area contributed by atoms with Crippen molar-refractivity contribution in [1.29, 1.82) is 0 Å². The molecule has 0 aliphatic heterocycles. The zero-order valence-corrected chi connectivity index (χ0v) is 28.5. The third-order valence-electron chi connectivity index (χ3n) is 10.0. The SMILES string of the molecule is CC(C)(C)c1ccc2c(c1)c1c(n2-c2cccc(-c3cccc(-n4c5ccc(F)cc5c5cc(C(C)(C)C)ccc54)c3)c2)CCC(F)=C1. The van der Waals surface area contributed by atoms with Gasteiger partial charge in [-0.2, -0.15) is 0 Å². The molecule has 0 fully saturated rings. The molecule has 48 heavy (non-hydrogen) atoms. The van der Waals surface area contributed by atoms with Crippen molar-refractivity contribution in [1.82, 2.24) is 9.13 Å². The Kier molecular flexibility index (Phi) is 6.82. The van der Waals surface area contributed by atoms with E-state index in [1.165, 1.54) is 11.1 Å². The van der Waals surface area contributed by atoms with Gasteiger partial charge in [-0.3, -0.25) is 0 Å². The zero-order chi connectivity index (χ0) is 33.5. The molecule has 2 heterocycles. The Hall–Kier alpha value is -4.96. The van der Waals surface area contributed by atoms with Crippen LogP contribution < -0.4 is 0 Å². The summed E-state index contributed by atoms with van der Waals surface area (Å²) in [4.78, 5) is 0. The lowest BCUT2D eigenvalue weighted by molar-refractivity contribution is 0.586. The maximum Gasteiger partial charge on any atom is 0.123 e. The molecule has 5 aromatic carbocycles. The summed E-state index contributed by atoms with van der Waals surface area (Å²) in [5.74, 6) is -0.295. The second-order valence-electron chi connectivity index (χ2n) is 15.3. The van der Waals surface area contributed by atoms with E-state index in [9.17, 15) is 8.78 Å². The monoisotopic (exact) mass is 634 g/mol. The quantitative estimate of drug-likeness (QED) is 0.183. The van der Waals surface area contributed by atoms with E-state index in [0.29, 0.717) is 12.8 Å². The number of rotatable bonds is 3. The molecule has 0 spiro atoms. The molecule has 0 atom stereocenters. The van der Waals surface area contributed by atoms with Gasteiger partial charge >= 0.3 is 0 Å². The molecule has 0 unspecified atom stereocenters. The van der Waals surface area contributed by atoms with Crippen molar-refractivity contribution in [3.63, 3.8) is 0 Å². The number of halogens is 2. The van der Waals surface area contributed by atoms with Gasteiger partial charge in [-0.15, -0.1) is 0 Å². The van der Waals surface area contributed by atoms with Crippen LogP contribution in [0.3, 0.4) is 0 Å². The van der Waals surface area contributed by atoms with Crippen LogP contribution in [-0.4, -0.2) is 9.13 Å². The van der Waals surface area contributed by atoms with Gasteiger partial charge in [-0.05, 0) is 112 Å². The normalized spacial score (nSPS) is 13.8. The Balaban J connectivity index is 1.28. The predicted octanol–water partition coefficient (Wildman–Crippen LogP) is 12.4. The molecule has 240 valence electrons. The highest BCUT2D eigenvalue weighted by Gasteiger charge is 2.24. The summed E-state index contributed by atoms with van der Waals surface area (Å²) in [5, 5.41) is 3.05. The molecule has 4 heteroatoms. The fraction of sp³-hybridized carbons (Fsp3) is 0.227. The largest absolute Gasteiger partial charge is 0.313 e. The second-order valence-corrected chi connectivity index (χ2v) is 15.3. The molecule has 0 radical (unpaired) electrons. The van der Waals surface area contributed by atoms with Crippen molar-refractivity contribution in [3.8, 4) is 22.5 Å². The van der Waals surface area contributed by atoms with E-state index >= 15 is 0 Å². The van der Waals surface area contributed by atoms with Crippen LogP contribution in [0.2, 0.25) is 0 Å². The molecular formula is C44H40F2N2. The van der Waals surface area contributed by atoms with Crippen molar-refractivity contribution in [2.24, 2.45) is 0 Å². The van der Waals surface area contributed by atoms with E-state index in [2.05, 4.69) is 136 Å². The Morgan fingerprint density at radius 3 is 1.65 bits per heavy atom. The lowest BCUT2D eigenvalue weighted by Crippen LogP contribution is -2.10. The summed E-state index contributed by atoms with van der Waals surface area (Å²) < 4.78 is 33.9. The van der Waals surface area contributed by atoms with E-state index in [0.717, 1.165) is 66.5 Å². The summed E-state index contributed by atoms with van der Waals surface area (Å²) in [6, 6.07) is 35.5. The molecule has 0 N–H and O–H groups in total. The molecule has 0 amide bonds. The number of hydrogen-bond donors (Lipinski definition) is 0. The first-order valence-electron chi connectivity index (χ1n) is 16.9. The molecule has 0 saturated carbocycles. The van der Waals surface area contributed by atoms with Crippen LogP contribution in [0, 0.1) is 5.82 Å². The van der Waals surface area contributed by atoms with Crippen LogP contribution in [0.25, 0.3) is 61.3 Å². The van der Waals surface area contributed by atoms with Crippen molar-refractivity contribution in [3.05, 3.63) is 137 Å². The van der Waals surface area contributed by atoms with Crippen LogP contribution in [0.4, 0.5) is 8.78 Å². The number of hydrogen-bond acceptors (Lipinski definition) is 0. The summed E-state index contributed by atoms with van der Waals surface area (Å²) in [7, 11) is 0. The van der Waals surface area contributed by atoms with Crippen molar-refractivity contribution in [2.75, 3.05) is 0 Å². The van der Waals surface area contributed by atoms with Crippen molar-refractivity contribution >= 4 is 38.8 Å². The lowest BCUT2D eigenvalue weighted by Gasteiger charge is -2.19. The van der Waals surface area contributed by atoms with Crippen molar-refractivity contribution in [2.45, 2.75) is 65.2 Å². The predicted molar refractivity (Wildman–Crippen MR) is 198 cm³/mol. The Morgan fingerprint density at radius 1 is 0.521 bits per heavy atom. The molecule has 2 aromatic heterocycles. The van der Waals surface area contributed by atoms with E-state index in [4.69, 9.17) is 0 Å². The second kappa shape index (κ2) is 10.8. The average Bonchev–Trinajstić information content (AvgIpc) is 3.55. The van der Waals surface area contributed by atoms with Gasteiger partial charge < -0.3 is 9.13 Å². The van der Waals surface area contributed by atoms with Gasteiger partial charge in [0.1, 0.15) is 11.6 Å². The summed E-state index contributed by atoms with van der Waals surface area (Å²) in [6.07, 6.45) is 2.80. The molecular weight excluding hydrogens is 594 g/mol. The number of fused-ring (bicyclic) bond motifs is 6. The van der Waals surface area contributed by atoms with Gasteiger partial charge in [-0.25, -0.2) is 8.78 Å². The Morgan fingerprint density at radius 2 is 1.04 bits per heavy atom. The first kappa shape index (κ1) is 30.4. The van der Waals surface area contributed by atoms with E-state index in [1.54, 1.807) is 18.2 Å². The van der Waals surface area contributed by atoms with Crippen molar-refractivity contribution < 1.29 is 8.78 Å². The molecule has 8 rings (SSSR count). The third kappa shape index (κ3) is 4.97. The highest BCUT2D eigenvalue weighted by atomic mass is 19.1. The zero-order valence-electron chi connectivity index (χ0n) is 28.5. The minimum atomic E-state index is -0.235. The number of allylic oxidation sites excluding steroid dienone is 1. The molecule has 7 aromatic rings. The maximum absolute atomic E-state index is 14.7. The maximum atomic E-state index is 14.7. The topological polar surface area (TPSA) is 9.86 Å². The van der Waals surface area contributed by atoms with E-state index in [-0.39, 0.29) is 22.5 Å². The number of nitrogens with zero attached hydrogens (tertiary/aromatic N) is 2. The van der Waals surface area contributed by atoms with Gasteiger partial charge in [0.15, 0.2) is 0 Å². The fourth-order valence-electron chi connectivity index (χ4n) is 7.39. The standard InChI is InChI=1S/C44H40F2N2/c1-43(2,3)29-13-17-39-35(23-29)37-25-31(45)15-19-41(37)47(39)33-11-7-9-27(21-33)28-10-8-12-34(22-28)48-40-18-14-30(44(4,5)6)24-36(40)38-26-32(46)16-20-42(38)48/h7-15,17-19,21-26H,16,20H2,1-6H3. The summed E-state index contributed by atoms with van der Waals surface area (Å²) in [5.41, 5.74) is 11.9. The lowest BCUT2D eigenvalue weighted by atomic mass is 9.86. The van der Waals surface area contributed by atoms with Crippen LogP contribution in [0.5, 0.6) is 0 Å². The molecule has 2 nitrogen and oxygen atoms in total. The Bertz CT molecular complexity index is 2440. The highest BCUT2D eigenvalue weighted by Crippen LogP contribution is 2.40. The van der Waals surface area contributed by atoms with Crippen LogP contribution >= 0.6 is 0 Å². The molecule has 1 aliphatic carbocycles. The Labute approximate surface area is 281 Å².